The molecule has 0 aliphatic carbocycles. The fourth-order valence-electron chi connectivity index (χ4n) is 1.24. The van der Waals surface area contributed by atoms with Crippen LogP contribution in [0.1, 0.15) is 11.3 Å². The van der Waals surface area contributed by atoms with Gasteiger partial charge in [-0.05, 0) is 29.8 Å². The lowest BCUT2D eigenvalue weighted by molar-refractivity contribution is 0.483. The van der Waals surface area contributed by atoms with Crippen molar-refractivity contribution < 1.29 is 4.42 Å². The number of hydrogen-bond donors (Lipinski definition) is 1. The van der Waals surface area contributed by atoms with Crippen LogP contribution in [-0.2, 0) is 13.1 Å². The van der Waals surface area contributed by atoms with Crippen molar-refractivity contribution in [1.29, 1.82) is 0 Å². The van der Waals surface area contributed by atoms with E-state index in [9.17, 15) is 0 Å². The molecule has 0 aliphatic rings. The van der Waals surface area contributed by atoms with Crippen LogP contribution in [0, 0.1) is 0 Å². The molecule has 0 amide bonds. The molecule has 0 fully saturated rings. The quantitative estimate of drug-likeness (QED) is 0.919. The number of nitrogens with zero attached hydrogens (tertiary/aromatic N) is 1. The van der Waals surface area contributed by atoms with Crippen LogP contribution in [0.25, 0.3) is 0 Å². The molecule has 3 nitrogen and oxygen atoms in total. The van der Waals surface area contributed by atoms with Crippen LogP contribution in [0.2, 0.25) is 0 Å². The average Bonchev–Trinajstić information content (AvgIpc) is 2.72. The molecule has 0 aromatic carbocycles. The predicted molar refractivity (Wildman–Crippen MR) is 68.0 cm³/mol. The van der Waals surface area contributed by atoms with E-state index < -0.39 is 0 Å². The van der Waals surface area contributed by atoms with Gasteiger partial charge in [0.2, 0.25) is 0 Å². The van der Waals surface area contributed by atoms with Gasteiger partial charge >= 0.3 is 0 Å². The molecule has 0 saturated carbocycles. The first-order chi connectivity index (χ1) is 6.95. The Morgan fingerprint density at radius 2 is 1.81 bits per heavy atom. The summed E-state index contributed by atoms with van der Waals surface area (Å²) in [6, 6.07) is 7.84. The maximum absolute atomic E-state index is 5.20. The van der Waals surface area contributed by atoms with Gasteiger partial charge in [-0.15, -0.1) is 24.8 Å². The summed E-state index contributed by atoms with van der Waals surface area (Å²) < 4.78 is 5.20. The predicted octanol–water partition coefficient (Wildman–Crippen LogP) is 2.81. The smallest absolute Gasteiger partial charge is 0.117 e. The summed E-state index contributed by atoms with van der Waals surface area (Å²) in [4.78, 5) is 3.96. The summed E-state index contributed by atoms with van der Waals surface area (Å²) >= 11 is 0. The van der Waals surface area contributed by atoms with Crippen LogP contribution in [0.5, 0.6) is 0 Å². The maximum atomic E-state index is 5.20. The summed E-state index contributed by atoms with van der Waals surface area (Å²) in [5.41, 5.74) is 1.23. The number of pyridine rings is 1. The number of hydrogen-bond acceptors (Lipinski definition) is 3. The van der Waals surface area contributed by atoms with Gasteiger partial charge in [0.15, 0.2) is 0 Å². The summed E-state index contributed by atoms with van der Waals surface area (Å²) in [7, 11) is 0. The first-order valence-corrected chi connectivity index (χ1v) is 4.57. The van der Waals surface area contributed by atoms with Crippen molar-refractivity contribution in [2.75, 3.05) is 0 Å². The standard InChI is InChI=1S/C11H12N2O.2ClH/c1-2-11(14-7-1)9-13-8-10-3-5-12-6-4-10;;/h1-7,13H,8-9H2;2*1H. The van der Waals surface area contributed by atoms with E-state index in [1.54, 1.807) is 18.7 Å². The molecule has 16 heavy (non-hydrogen) atoms. The molecule has 2 rings (SSSR count). The number of aromatic nitrogens is 1. The van der Waals surface area contributed by atoms with Crippen LogP contribution >= 0.6 is 24.8 Å². The number of nitrogens with one attached hydrogen (secondary N) is 1. The van der Waals surface area contributed by atoms with Gasteiger partial charge in [0, 0.05) is 18.9 Å². The fourth-order valence-corrected chi connectivity index (χ4v) is 1.24. The van der Waals surface area contributed by atoms with Gasteiger partial charge in [-0.1, -0.05) is 0 Å². The van der Waals surface area contributed by atoms with Crippen LogP contribution < -0.4 is 5.32 Å². The summed E-state index contributed by atoms with van der Waals surface area (Å²) in [6.45, 7) is 1.60. The third-order valence-electron chi connectivity index (χ3n) is 1.96. The highest BCUT2D eigenvalue weighted by atomic mass is 35.5. The summed E-state index contributed by atoms with van der Waals surface area (Å²) in [6.07, 6.45) is 5.28. The van der Waals surface area contributed by atoms with Crippen LogP contribution in [0.4, 0.5) is 0 Å². The van der Waals surface area contributed by atoms with Gasteiger partial charge in [0.1, 0.15) is 5.76 Å². The van der Waals surface area contributed by atoms with Gasteiger partial charge in [-0.2, -0.15) is 0 Å². The Balaban J connectivity index is 0.00000112. The second kappa shape index (κ2) is 8.16. The Labute approximate surface area is 107 Å². The maximum Gasteiger partial charge on any atom is 0.117 e. The van der Waals surface area contributed by atoms with E-state index in [1.165, 1.54) is 5.56 Å². The molecule has 0 radical (unpaired) electrons. The van der Waals surface area contributed by atoms with E-state index in [-0.39, 0.29) is 24.8 Å². The van der Waals surface area contributed by atoms with Crippen molar-refractivity contribution in [3.05, 3.63) is 54.2 Å². The number of halogens is 2. The molecule has 0 unspecified atom stereocenters. The SMILES string of the molecule is Cl.Cl.c1coc(CNCc2ccncc2)c1. The van der Waals surface area contributed by atoms with Crippen LogP contribution in [0.3, 0.4) is 0 Å². The molecule has 0 spiro atoms. The Bertz CT molecular complexity index is 365. The molecule has 2 aromatic heterocycles. The molecular weight excluding hydrogens is 247 g/mol. The normalized spacial score (nSPS) is 9.00. The van der Waals surface area contributed by atoms with E-state index in [0.717, 1.165) is 18.8 Å². The largest absolute Gasteiger partial charge is 0.468 e. The van der Waals surface area contributed by atoms with Gasteiger partial charge in [0.25, 0.3) is 0 Å². The van der Waals surface area contributed by atoms with Crippen LogP contribution in [0.15, 0.2) is 47.3 Å². The van der Waals surface area contributed by atoms with E-state index in [1.807, 2.05) is 24.3 Å². The molecule has 5 heteroatoms. The van der Waals surface area contributed by atoms with E-state index in [2.05, 4.69) is 10.3 Å². The lowest BCUT2D eigenvalue weighted by atomic mass is 10.3. The summed E-state index contributed by atoms with van der Waals surface area (Å²) in [5, 5.41) is 3.28. The molecule has 0 aliphatic heterocycles. The molecule has 0 bridgehead atoms. The Hall–Kier alpha value is -1.03. The minimum absolute atomic E-state index is 0. The minimum Gasteiger partial charge on any atom is -0.468 e. The lowest BCUT2D eigenvalue weighted by Gasteiger charge is -2.01. The first kappa shape index (κ1) is 15.0. The number of furan rings is 1. The Morgan fingerprint density at radius 1 is 1.06 bits per heavy atom. The highest BCUT2D eigenvalue weighted by Gasteiger charge is 1.94. The molecular formula is C11H14Cl2N2O. The van der Waals surface area contributed by atoms with Crippen molar-refractivity contribution in [2.24, 2.45) is 0 Å². The molecule has 1 N–H and O–H groups in total. The zero-order valence-corrected chi connectivity index (χ0v) is 10.3. The van der Waals surface area contributed by atoms with Crippen molar-refractivity contribution in [3.8, 4) is 0 Å². The third-order valence-corrected chi connectivity index (χ3v) is 1.96. The Kier molecular flexibility index (Phi) is 7.64. The van der Waals surface area contributed by atoms with Crippen LogP contribution in [-0.4, -0.2) is 4.98 Å². The van der Waals surface area contributed by atoms with Gasteiger partial charge in [-0.25, -0.2) is 0 Å². The van der Waals surface area contributed by atoms with E-state index in [0.29, 0.717) is 0 Å². The number of rotatable bonds is 4. The molecule has 2 heterocycles. The van der Waals surface area contributed by atoms with Gasteiger partial charge in [0.05, 0.1) is 12.8 Å². The fraction of sp³-hybridized carbons (Fsp3) is 0.182. The highest BCUT2D eigenvalue weighted by molar-refractivity contribution is 5.85. The topological polar surface area (TPSA) is 38.1 Å². The van der Waals surface area contributed by atoms with Crippen molar-refractivity contribution >= 4 is 24.8 Å². The van der Waals surface area contributed by atoms with Gasteiger partial charge < -0.3 is 9.73 Å². The Morgan fingerprint density at radius 3 is 2.44 bits per heavy atom. The zero-order valence-electron chi connectivity index (χ0n) is 8.63. The second-order valence-electron chi connectivity index (χ2n) is 3.04. The molecule has 0 saturated heterocycles. The summed E-state index contributed by atoms with van der Waals surface area (Å²) in [5.74, 6) is 0.957. The third kappa shape index (κ3) is 4.66. The molecule has 0 atom stereocenters. The molecule has 88 valence electrons. The van der Waals surface area contributed by atoms with Crippen molar-refractivity contribution in [1.82, 2.24) is 10.3 Å². The second-order valence-corrected chi connectivity index (χ2v) is 3.04. The highest BCUT2D eigenvalue weighted by Crippen LogP contribution is 2.00. The zero-order chi connectivity index (χ0) is 9.64. The van der Waals surface area contributed by atoms with Crippen molar-refractivity contribution in [2.45, 2.75) is 13.1 Å². The molecule has 2 aromatic rings. The van der Waals surface area contributed by atoms with Gasteiger partial charge in [-0.3, -0.25) is 4.98 Å². The lowest BCUT2D eigenvalue weighted by Crippen LogP contribution is -2.11. The van der Waals surface area contributed by atoms with Crippen molar-refractivity contribution in [3.63, 3.8) is 0 Å². The van der Waals surface area contributed by atoms with E-state index >= 15 is 0 Å². The monoisotopic (exact) mass is 260 g/mol. The van der Waals surface area contributed by atoms with E-state index in [4.69, 9.17) is 4.42 Å². The average molecular weight is 261 g/mol. The minimum atomic E-state index is 0. The first-order valence-electron chi connectivity index (χ1n) is 4.57.